The van der Waals surface area contributed by atoms with Gasteiger partial charge in [-0.05, 0) is 36.8 Å². The van der Waals surface area contributed by atoms with Crippen LogP contribution in [-0.4, -0.2) is 69.4 Å². The molecule has 2 aliphatic heterocycles. The van der Waals surface area contributed by atoms with Crippen molar-refractivity contribution in [3.63, 3.8) is 0 Å². The van der Waals surface area contributed by atoms with Gasteiger partial charge in [0.05, 0.1) is 30.3 Å². The highest BCUT2D eigenvalue weighted by Gasteiger charge is 2.26. The average molecular weight is 574 g/mol. The number of rotatable bonds is 9. The zero-order valence-corrected chi connectivity index (χ0v) is 22.8. The number of terminal acetylenes is 1. The normalized spacial score (nSPS) is 17.2. The molecular weight excluding hydrogens is 544 g/mol. The van der Waals surface area contributed by atoms with Gasteiger partial charge >= 0.3 is 5.97 Å². The Labute approximate surface area is 241 Å². The van der Waals surface area contributed by atoms with Crippen molar-refractivity contribution in [3.05, 3.63) is 82.7 Å². The highest BCUT2D eigenvalue weighted by Crippen LogP contribution is 2.26. The number of benzene rings is 2. The number of hydrogen-bond donors (Lipinski definition) is 1. The summed E-state index contributed by atoms with van der Waals surface area (Å²) in [5.74, 6) is 1.98. The lowest BCUT2D eigenvalue weighted by Crippen LogP contribution is -2.46. The number of carbonyl (C=O) groups is 1. The smallest absolute Gasteiger partial charge is 0.335 e. The monoisotopic (exact) mass is 573 g/mol. The van der Waals surface area contributed by atoms with Gasteiger partial charge in [0, 0.05) is 50.0 Å². The number of anilines is 1. The van der Waals surface area contributed by atoms with E-state index in [1.54, 1.807) is 18.2 Å². The van der Waals surface area contributed by atoms with E-state index in [4.69, 9.17) is 15.9 Å². The highest BCUT2D eigenvalue weighted by molar-refractivity contribution is 5.92. The lowest BCUT2D eigenvalue weighted by molar-refractivity contribution is -0.0592. The standard InChI is InChI=1S/C31H29F2N5O4/c1-2-20-6-7-21(24(32)14-20)19-42-29-5-3-4-27(34-29)37-11-9-36(10-12-37)18-28-35-30-25(33)15-22(31(39)40)16-26(30)38(28)17-23-8-13-41-23/h1,3-7,14-16,23H,8-13,17-19H2,(H,39,40)/t23-/m0/s1. The first-order valence-electron chi connectivity index (χ1n) is 13.7. The summed E-state index contributed by atoms with van der Waals surface area (Å²) in [6, 6.07) is 12.6. The van der Waals surface area contributed by atoms with Gasteiger partial charge in [-0.15, -0.1) is 6.42 Å². The summed E-state index contributed by atoms with van der Waals surface area (Å²) in [5, 5.41) is 9.45. The minimum atomic E-state index is -1.19. The van der Waals surface area contributed by atoms with Crippen LogP contribution in [0.5, 0.6) is 5.88 Å². The number of hydrogen-bond acceptors (Lipinski definition) is 7. The Hall–Kier alpha value is -4.53. The van der Waals surface area contributed by atoms with E-state index < -0.39 is 17.6 Å². The summed E-state index contributed by atoms with van der Waals surface area (Å²) >= 11 is 0. The van der Waals surface area contributed by atoms with Crippen molar-refractivity contribution in [1.29, 1.82) is 0 Å². The van der Waals surface area contributed by atoms with Crippen LogP contribution in [0.4, 0.5) is 14.6 Å². The maximum absolute atomic E-state index is 14.9. The van der Waals surface area contributed by atoms with E-state index in [1.807, 2.05) is 16.7 Å². The molecule has 2 saturated heterocycles. The Morgan fingerprint density at radius 3 is 2.60 bits per heavy atom. The van der Waals surface area contributed by atoms with Crippen molar-refractivity contribution in [2.75, 3.05) is 37.7 Å². The largest absolute Gasteiger partial charge is 0.478 e. The molecule has 0 amide bonds. The fourth-order valence-corrected chi connectivity index (χ4v) is 5.21. The van der Waals surface area contributed by atoms with Crippen molar-refractivity contribution in [2.45, 2.75) is 32.2 Å². The third kappa shape index (κ3) is 5.77. The molecule has 0 saturated carbocycles. The summed E-state index contributed by atoms with van der Waals surface area (Å²) in [6.07, 6.45) is 6.21. The molecule has 4 heterocycles. The molecule has 2 aromatic carbocycles. The number of halogens is 2. The molecule has 0 bridgehead atoms. The third-order valence-corrected chi connectivity index (χ3v) is 7.68. The minimum absolute atomic E-state index is 0.00563. The summed E-state index contributed by atoms with van der Waals surface area (Å²) in [5.41, 5.74) is 1.38. The molecule has 11 heteroatoms. The van der Waals surface area contributed by atoms with Crippen molar-refractivity contribution >= 4 is 22.8 Å². The number of fused-ring (bicyclic) bond motifs is 1. The van der Waals surface area contributed by atoms with Gasteiger partial charge in [0.2, 0.25) is 5.88 Å². The molecule has 42 heavy (non-hydrogen) atoms. The van der Waals surface area contributed by atoms with Crippen molar-refractivity contribution in [2.24, 2.45) is 0 Å². The molecule has 1 N–H and O–H groups in total. The summed E-state index contributed by atoms with van der Waals surface area (Å²) in [4.78, 5) is 25.1. The van der Waals surface area contributed by atoms with Crippen LogP contribution in [0.1, 0.15) is 33.7 Å². The fourth-order valence-electron chi connectivity index (χ4n) is 5.21. The maximum atomic E-state index is 14.9. The van der Waals surface area contributed by atoms with Crippen molar-refractivity contribution in [1.82, 2.24) is 19.4 Å². The minimum Gasteiger partial charge on any atom is -0.478 e. The molecule has 2 fully saturated rings. The first-order valence-corrected chi connectivity index (χ1v) is 13.7. The van der Waals surface area contributed by atoms with E-state index in [2.05, 4.69) is 25.7 Å². The Bertz CT molecular complexity index is 1670. The molecule has 0 spiro atoms. The molecule has 0 radical (unpaired) electrons. The molecule has 0 aliphatic carbocycles. The molecule has 2 aromatic heterocycles. The molecule has 4 aromatic rings. The second kappa shape index (κ2) is 11.8. The third-order valence-electron chi connectivity index (χ3n) is 7.68. The number of piperazine rings is 1. The van der Waals surface area contributed by atoms with Crippen LogP contribution < -0.4 is 9.64 Å². The Balaban J connectivity index is 1.12. The Morgan fingerprint density at radius 1 is 1.10 bits per heavy atom. The van der Waals surface area contributed by atoms with Gasteiger partial charge in [0.15, 0.2) is 5.82 Å². The van der Waals surface area contributed by atoms with E-state index in [1.165, 1.54) is 12.1 Å². The van der Waals surface area contributed by atoms with E-state index in [0.717, 1.165) is 18.3 Å². The maximum Gasteiger partial charge on any atom is 0.335 e. The van der Waals surface area contributed by atoms with E-state index >= 15 is 0 Å². The molecule has 6 rings (SSSR count). The van der Waals surface area contributed by atoms with Crippen LogP contribution in [0.25, 0.3) is 11.0 Å². The Kier molecular flexibility index (Phi) is 7.73. The number of aromatic nitrogens is 3. The molecule has 216 valence electrons. The zero-order chi connectivity index (χ0) is 29.2. The average Bonchev–Trinajstić information content (AvgIpc) is 3.31. The lowest BCUT2D eigenvalue weighted by Gasteiger charge is -2.35. The van der Waals surface area contributed by atoms with Gasteiger partial charge < -0.3 is 24.0 Å². The number of imidazole rings is 1. The number of nitrogens with zero attached hydrogens (tertiary/aromatic N) is 5. The quantitative estimate of drug-likeness (QED) is 0.300. The Morgan fingerprint density at radius 2 is 1.90 bits per heavy atom. The molecular formula is C31H29F2N5O4. The number of carboxylic acids is 1. The predicted octanol–water partition coefficient (Wildman–Crippen LogP) is 4.08. The summed E-state index contributed by atoms with van der Waals surface area (Å²) < 4.78 is 42.4. The fraction of sp³-hybridized carbons (Fsp3) is 0.323. The van der Waals surface area contributed by atoms with E-state index in [-0.39, 0.29) is 23.8 Å². The second-order valence-corrected chi connectivity index (χ2v) is 10.4. The van der Waals surface area contributed by atoms with Crippen LogP contribution in [0.15, 0.2) is 48.5 Å². The van der Waals surface area contributed by atoms with Crippen LogP contribution >= 0.6 is 0 Å². The van der Waals surface area contributed by atoms with Gasteiger partial charge in [-0.3, -0.25) is 4.90 Å². The van der Waals surface area contributed by atoms with Crippen molar-refractivity contribution < 1.29 is 28.2 Å². The van der Waals surface area contributed by atoms with Gasteiger partial charge in [0.1, 0.15) is 29.6 Å². The summed E-state index contributed by atoms with van der Waals surface area (Å²) in [7, 11) is 0. The van der Waals surface area contributed by atoms with Crippen LogP contribution in [-0.2, 0) is 24.4 Å². The van der Waals surface area contributed by atoms with Gasteiger partial charge in [-0.1, -0.05) is 18.1 Å². The second-order valence-electron chi connectivity index (χ2n) is 10.4. The molecule has 0 unspecified atom stereocenters. The van der Waals surface area contributed by atoms with Gasteiger partial charge in [0.25, 0.3) is 0 Å². The summed E-state index contributed by atoms with van der Waals surface area (Å²) in [6.45, 7) is 4.50. The number of carboxylic acid groups (broad SMARTS) is 1. The van der Waals surface area contributed by atoms with Gasteiger partial charge in [-0.2, -0.15) is 4.98 Å². The zero-order valence-electron chi connectivity index (χ0n) is 22.8. The highest BCUT2D eigenvalue weighted by atomic mass is 19.1. The van der Waals surface area contributed by atoms with E-state index in [9.17, 15) is 18.7 Å². The first kappa shape index (κ1) is 27.6. The SMILES string of the molecule is C#Cc1ccc(COc2cccc(N3CCN(Cc4nc5c(F)cc(C(=O)O)cc5n4C[C@@H]4CCO4)CC3)n2)c(F)c1. The lowest BCUT2D eigenvalue weighted by atomic mass is 10.1. The molecule has 2 aliphatic rings. The topological polar surface area (TPSA) is 93.0 Å². The number of pyridine rings is 1. The van der Waals surface area contributed by atoms with Crippen LogP contribution in [0, 0.1) is 24.0 Å². The molecule has 9 nitrogen and oxygen atoms in total. The van der Waals surface area contributed by atoms with E-state index in [0.29, 0.717) is 74.2 Å². The molecule has 1 atom stereocenters. The number of aromatic carboxylic acids is 1. The van der Waals surface area contributed by atoms with Crippen LogP contribution in [0.3, 0.4) is 0 Å². The number of ether oxygens (including phenoxy) is 2. The predicted molar refractivity (Wildman–Crippen MR) is 151 cm³/mol. The van der Waals surface area contributed by atoms with Gasteiger partial charge in [-0.25, -0.2) is 18.6 Å². The van der Waals surface area contributed by atoms with Crippen LogP contribution in [0.2, 0.25) is 0 Å². The van der Waals surface area contributed by atoms with Crippen molar-refractivity contribution in [3.8, 4) is 18.2 Å². The first-order chi connectivity index (χ1) is 20.4.